The topological polar surface area (TPSA) is 64.4 Å². The number of anilines is 1. The summed E-state index contributed by atoms with van der Waals surface area (Å²) in [6.07, 6.45) is 0. The molecule has 0 radical (unpaired) electrons. The van der Waals surface area contributed by atoms with Gasteiger partial charge in [0, 0.05) is 12.6 Å². The maximum atomic E-state index is 10.9. The first-order valence-corrected chi connectivity index (χ1v) is 4.85. The van der Waals surface area contributed by atoms with Gasteiger partial charge in [0.15, 0.2) is 0 Å². The molecule has 5 heteroatoms. The van der Waals surface area contributed by atoms with Gasteiger partial charge in [-0.15, -0.1) is 12.4 Å². The van der Waals surface area contributed by atoms with Gasteiger partial charge in [-0.2, -0.15) is 0 Å². The van der Waals surface area contributed by atoms with Crippen LogP contribution in [0.5, 0.6) is 0 Å². The highest BCUT2D eigenvalue weighted by atomic mass is 35.5. The lowest BCUT2D eigenvalue weighted by molar-refractivity contribution is -0.114. The fourth-order valence-corrected chi connectivity index (χ4v) is 1.60. The third-order valence-electron chi connectivity index (χ3n) is 2.48. The van der Waals surface area contributed by atoms with Crippen LogP contribution in [0.4, 0.5) is 5.69 Å². The SMILES string of the molecule is CC(=O)Nc1cccc(C2(N)COC2)c1.Cl. The van der Waals surface area contributed by atoms with E-state index in [1.54, 1.807) is 0 Å². The molecule has 0 unspecified atom stereocenters. The fraction of sp³-hybridized carbons (Fsp3) is 0.364. The molecule has 0 bridgehead atoms. The number of nitrogens with two attached hydrogens (primary N) is 1. The summed E-state index contributed by atoms with van der Waals surface area (Å²) in [7, 11) is 0. The van der Waals surface area contributed by atoms with E-state index in [-0.39, 0.29) is 23.9 Å². The Morgan fingerprint density at radius 2 is 2.19 bits per heavy atom. The predicted octanol–water partition coefficient (Wildman–Crippen LogP) is 1.25. The molecule has 1 fully saturated rings. The Morgan fingerprint density at radius 1 is 1.50 bits per heavy atom. The van der Waals surface area contributed by atoms with Crippen molar-refractivity contribution in [1.82, 2.24) is 0 Å². The van der Waals surface area contributed by atoms with E-state index in [1.165, 1.54) is 6.92 Å². The van der Waals surface area contributed by atoms with Crippen molar-refractivity contribution in [2.24, 2.45) is 5.73 Å². The van der Waals surface area contributed by atoms with Crippen molar-refractivity contribution in [1.29, 1.82) is 0 Å². The molecular formula is C11H15ClN2O2. The second-order valence-electron chi connectivity index (χ2n) is 3.91. The molecule has 0 spiro atoms. The number of nitrogens with one attached hydrogen (secondary N) is 1. The Bertz CT molecular complexity index is 391. The highest BCUT2D eigenvalue weighted by Gasteiger charge is 2.35. The maximum absolute atomic E-state index is 10.9. The molecule has 0 atom stereocenters. The monoisotopic (exact) mass is 242 g/mol. The minimum atomic E-state index is -0.380. The van der Waals surface area contributed by atoms with E-state index in [9.17, 15) is 4.79 Å². The van der Waals surface area contributed by atoms with Crippen molar-refractivity contribution < 1.29 is 9.53 Å². The average Bonchev–Trinajstić information content (AvgIpc) is 2.13. The number of carbonyl (C=O) groups is 1. The summed E-state index contributed by atoms with van der Waals surface area (Å²) in [5, 5.41) is 2.73. The van der Waals surface area contributed by atoms with Crippen LogP contribution in [0.2, 0.25) is 0 Å². The van der Waals surface area contributed by atoms with E-state index < -0.39 is 0 Å². The Balaban J connectivity index is 0.00000128. The summed E-state index contributed by atoms with van der Waals surface area (Å²) in [5.41, 5.74) is 7.48. The fourth-order valence-electron chi connectivity index (χ4n) is 1.60. The quantitative estimate of drug-likeness (QED) is 0.821. The van der Waals surface area contributed by atoms with Gasteiger partial charge >= 0.3 is 0 Å². The van der Waals surface area contributed by atoms with E-state index in [0.29, 0.717) is 13.2 Å². The van der Waals surface area contributed by atoms with E-state index in [4.69, 9.17) is 10.5 Å². The molecule has 88 valence electrons. The third-order valence-corrected chi connectivity index (χ3v) is 2.48. The van der Waals surface area contributed by atoms with Gasteiger partial charge in [0.2, 0.25) is 5.91 Å². The molecule has 1 saturated heterocycles. The maximum Gasteiger partial charge on any atom is 0.221 e. The molecule has 4 nitrogen and oxygen atoms in total. The van der Waals surface area contributed by atoms with Gasteiger partial charge in [-0.3, -0.25) is 4.79 Å². The van der Waals surface area contributed by atoms with Gasteiger partial charge in [0.1, 0.15) is 0 Å². The van der Waals surface area contributed by atoms with Crippen LogP contribution in [0.25, 0.3) is 0 Å². The van der Waals surface area contributed by atoms with Gasteiger partial charge in [0.05, 0.1) is 18.8 Å². The van der Waals surface area contributed by atoms with Crippen LogP contribution in [0, 0.1) is 0 Å². The lowest BCUT2D eigenvalue weighted by Gasteiger charge is -2.38. The summed E-state index contributed by atoms with van der Waals surface area (Å²) >= 11 is 0. The largest absolute Gasteiger partial charge is 0.377 e. The summed E-state index contributed by atoms with van der Waals surface area (Å²) in [5.74, 6) is -0.0805. The number of rotatable bonds is 2. The number of ether oxygens (including phenoxy) is 1. The van der Waals surface area contributed by atoms with Crippen molar-refractivity contribution >= 4 is 24.0 Å². The number of amides is 1. The third kappa shape index (κ3) is 2.52. The van der Waals surface area contributed by atoms with Crippen LogP contribution in [0.3, 0.4) is 0 Å². The number of hydrogen-bond acceptors (Lipinski definition) is 3. The predicted molar refractivity (Wildman–Crippen MR) is 64.7 cm³/mol. The lowest BCUT2D eigenvalue weighted by Crippen LogP contribution is -2.54. The van der Waals surface area contributed by atoms with Gasteiger partial charge in [-0.25, -0.2) is 0 Å². The Labute approximate surface area is 101 Å². The molecule has 0 aromatic heterocycles. The van der Waals surface area contributed by atoms with Crippen LogP contribution in [0.15, 0.2) is 24.3 Å². The molecule has 16 heavy (non-hydrogen) atoms. The zero-order valence-corrected chi connectivity index (χ0v) is 9.84. The standard InChI is InChI=1S/C11H14N2O2.ClH/c1-8(14)13-10-4-2-3-9(5-10)11(12)6-15-7-11;/h2-5H,6-7,12H2,1H3,(H,13,14);1H. The van der Waals surface area contributed by atoms with E-state index in [0.717, 1.165) is 11.3 Å². The molecule has 1 aliphatic rings. The minimum absolute atomic E-state index is 0. The van der Waals surface area contributed by atoms with Gasteiger partial charge in [0.25, 0.3) is 0 Å². The second-order valence-corrected chi connectivity index (χ2v) is 3.91. The smallest absolute Gasteiger partial charge is 0.221 e. The summed E-state index contributed by atoms with van der Waals surface area (Å²) in [4.78, 5) is 10.9. The van der Waals surface area contributed by atoms with Gasteiger partial charge < -0.3 is 15.8 Å². The zero-order chi connectivity index (χ0) is 10.9. The Kier molecular flexibility index (Phi) is 3.91. The van der Waals surface area contributed by atoms with Crippen LogP contribution < -0.4 is 11.1 Å². The van der Waals surface area contributed by atoms with Crippen LogP contribution in [-0.4, -0.2) is 19.1 Å². The van der Waals surface area contributed by atoms with Crippen LogP contribution in [0.1, 0.15) is 12.5 Å². The number of benzene rings is 1. The van der Waals surface area contributed by atoms with E-state index in [1.807, 2.05) is 24.3 Å². The first-order valence-electron chi connectivity index (χ1n) is 4.85. The normalized spacial score (nSPS) is 16.9. The molecule has 2 rings (SSSR count). The number of carbonyl (C=O) groups excluding carboxylic acids is 1. The zero-order valence-electron chi connectivity index (χ0n) is 9.03. The minimum Gasteiger partial charge on any atom is -0.377 e. The van der Waals surface area contributed by atoms with Crippen LogP contribution in [-0.2, 0) is 15.1 Å². The van der Waals surface area contributed by atoms with Crippen molar-refractivity contribution in [2.45, 2.75) is 12.5 Å². The molecule has 1 heterocycles. The van der Waals surface area contributed by atoms with Crippen molar-refractivity contribution in [2.75, 3.05) is 18.5 Å². The van der Waals surface area contributed by atoms with Crippen molar-refractivity contribution in [3.05, 3.63) is 29.8 Å². The molecular weight excluding hydrogens is 228 g/mol. The Morgan fingerprint density at radius 3 is 2.69 bits per heavy atom. The van der Waals surface area contributed by atoms with Crippen LogP contribution >= 0.6 is 12.4 Å². The highest BCUT2D eigenvalue weighted by Crippen LogP contribution is 2.28. The second kappa shape index (κ2) is 4.82. The average molecular weight is 243 g/mol. The van der Waals surface area contributed by atoms with Gasteiger partial charge in [-0.05, 0) is 17.7 Å². The first kappa shape index (κ1) is 13.0. The summed E-state index contributed by atoms with van der Waals surface area (Å²) in [6.45, 7) is 2.56. The highest BCUT2D eigenvalue weighted by molar-refractivity contribution is 5.88. The summed E-state index contributed by atoms with van der Waals surface area (Å²) < 4.78 is 5.10. The number of halogens is 1. The van der Waals surface area contributed by atoms with Gasteiger partial charge in [-0.1, -0.05) is 12.1 Å². The molecule has 1 amide bonds. The van der Waals surface area contributed by atoms with E-state index >= 15 is 0 Å². The first-order chi connectivity index (χ1) is 7.10. The van der Waals surface area contributed by atoms with Crippen molar-refractivity contribution in [3.63, 3.8) is 0 Å². The number of hydrogen-bond donors (Lipinski definition) is 2. The van der Waals surface area contributed by atoms with Crippen molar-refractivity contribution in [3.8, 4) is 0 Å². The molecule has 0 saturated carbocycles. The molecule has 3 N–H and O–H groups in total. The Hall–Kier alpha value is -1.10. The molecule has 1 aliphatic heterocycles. The summed E-state index contributed by atoms with van der Waals surface area (Å²) in [6, 6.07) is 7.57. The molecule has 1 aromatic carbocycles. The molecule has 0 aliphatic carbocycles. The lowest BCUT2D eigenvalue weighted by atomic mass is 9.89. The molecule has 1 aromatic rings. The van der Waals surface area contributed by atoms with E-state index in [2.05, 4.69) is 5.32 Å².